The molecule has 11 heteroatoms. The molecule has 2 aliphatic heterocycles. The lowest BCUT2D eigenvalue weighted by Crippen LogP contribution is -2.53. The minimum atomic E-state index is -1.62. The number of hydrogen-bond donors (Lipinski definition) is 2. The van der Waals surface area contributed by atoms with Crippen molar-refractivity contribution in [2.24, 2.45) is 23.7 Å². The van der Waals surface area contributed by atoms with Crippen LogP contribution in [0.2, 0.25) is 0 Å². The molecule has 0 radical (unpaired) electrons. The number of carbonyl (C=O) groups is 2. The fourth-order valence-electron chi connectivity index (χ4n) is 6.30. The zero-order valence-electron chi connectivity index (χ0n) is 20.3. The topological polar surface area (TPSA) is 139 Å². The lowest BCUT2D eigenvalue weighted by molar-refractivity contribution is -0.384. The van der Waals surface area contributed by atoms with Crippen LogP contribution >= 0.6 is 22.6 Å². The number of phenolic OH excluding ortho intramolecular Hbond substituents is 1. The van der Waals surface area contributed by atoms with Crippen LogP contribution in [0.1, 0.15) is 44.3 Å². The predicted molar refractivity (Wildman–Crippen MR) is 140 cm³/mol. The molecule has 0 bridgehead atoms. The van der Waals surface area contributed by atoms with E-state index in [0.29, 0.717) is 22.0 Å². The van der Waals surface area contributed by atoms with Gasteiger partial charge in [-0.05, 0) is 65.6 Å². The van der Waals surface area contributed by atoms with Crippen LogP contribution in [0.15, 0.2) is 36.4 Å². The first kappa shape index (κ1) is 25.9. The Bertz CT molecular complexity index is 1290. The van der Waals surface area contributed by atoms with Crippen LogP contribution in [-0.4, -0.2) is 39.8 Å². The highest BCUT2D eigenvalue weighted by Crippen LogP contribution is 2.59. The molecule has 0 unspecified atom stereocenters. The maximum atomic E-state index is 13.7. The van der Waals surface area contributed by atoms with E-state index in [1.165, 1.54) is 31.4 Å². The van der Waals surface area contributed by atoms with Crippen molar-refractivity contribution in [2.45, 2.75) is 44.5 Å². The Hall–Kier alpha value is -2.77. The summed E-state index contributed by atoms with van der Waals surface area (Å²) in [4.78, 5) is 39.1. The number of aliphatic hydroxyl groups is 1. The molecular weight excluding hydrogens is 595 g/mol. The monoisotopic (exact) mass is 622 g/mol. The maximum Gasteiger partial charge on any atom is 0.271 e. The Morgan fingerprint density at radius 3 is 2.68 bits per heavy atom. The Kier molecular flexibility index (Phi) is 6.65. The molecule has 2 amide bonds. The molecule has 3 aliphatic rings. The highest BCUT2D eigenvalue weighted by molar-refractivity contribution is 14.1. The summed E-state index contributed by atoms with van der Waals surface area (Å²) in [6, 6.07) is 8.90. The highest BCUT2D eigenvalue weighted by Gasteiger charge is 2.66. The minimum Gasteiger partial charge on any atom is -0.504 e. The summed E-state index contributed by atoms with van der Waals surface area (Å²) < 4.78 is 12.2. The van der Waals surface area contributed by atoms with E-state index in [0.717, 1.165) is 11.3 Å². The van der Waals surface area contributed by atoms with E-state index >= 15 is 0 Å². The third-order valence-corrected chi connectivity index (χ3v) is 8.76. The van der Waals surface area contributed by atoms with Gasteiger partial charge < -0.3 is 19.7 Å². The third-order valence-electron chi connectivity index (χ3n) is 7.94. The van der Waals surface area contributed by atoms with Crippen molar-refractivity contribution < 1.29 is 34.2 Å². The second-order valence-corrected chi connectivity index (χ2v) is 11.1. The number of non-ortho nitro benzene ring substituents is 1. The summed E-state index contributed by atoms with van der Waals surface area (Å²) in [6.45, 7) is 1.99. The SMILES string of the molecule is CCC[C@H]1C[C@@H]2C(=O)N(c3cccc([N+](=O)[O-])c3)C(=O)[C@@H]2[C@@H]2C[C@@H](c3cc(I)c(O)c(OC)c3)O[C@]12O. The lowest BCUT2D eigenvalue weighted by atomic mass is 9.63. The first-order valence-corrected chi connectivity index (χ1v) is 13.3. The average Bonchev–Trinajstić information content (AvgIpc) is 3.35. The van der Waals surface area contributed by atoms with Crippen LogP contribution in [0, 0.1) is 37.4 Å². The number of ether oxygens (including phenoxy) is 2. The number of hydrogen-bond acceptors (Lipinski definition) is 8. The number of phenols is 1. The average molecular weight is 622 g/mol. The number of anilines is 1. The number of fused-ring (bicyclic) bond motifs is 3. The van der Waals surface area contributed by atoms with Gasteiger partial charge in [0.25, 0.3) is 5.69 Å². The van der Waals surface area contributed by atoms with Crippen LogP contribution in [0.5, 0.6) is 11.5 Å². The van der Waals surface area contributed by atoms with Gasteiger partial charge in [-0.1, -0.05) is 19.4 Å². The quantitative estimate of drug-likeness (QED) is 0.211. The number of aromatic hydroxyl groups is 1. The highest BCUT2D eigenvalue weighted by atomic mass is 127. The summed E-state index contributed by atoms with van der Waals surface area (Å²) >= 11 is 1.99. The van der Waals surface area contributed by atoms with Crippen LogP contribution in [0.4, 0.5) is 11.4 Å². The first-order valence-electron chi connectivity index (χ1n) is 12.2. The normalized spacial score (nSPS) is 30.8. The molecule has 1 saturated carbocycles. The molecule has 2 aromatic rings. The number of rotatable bonds is 6. The van der Waals surface area contributed by atoms with Crippen LogP contribution < -0.4 is 9.64 Å². The fourth-order valence-corrected chi connectivity index (χ4v) is 6.93. The minimum absolute atomic E-state index is 0.00839. The maximum absolute atomic E-state index is 13.7. The number of nitrogens with zero attached hydrogens (tertiary/aromatic N) is 2. The van der Waals surface area contributed by atoms with Crippen LogP contribution in [0.3, 0.4) is 0 Å². The number of nitro groups is 1. The molecule has 2 saturated heterocycles. The van der Waals surface area contributed by atoms with Gasteiger partial charge in [-0.25, -0.2) is 4.90 Å². The summed E-state index contributed by atoms with van der Waals surface area (Å²) in [5, 5.41) is 33.5. The van der Waals surface area contributed by atoms with Crippen molar-refractivity contribution in [3.05, 3.63) is 55.6 Å². The van der Waals surface area contributed by atoms with Gasteiger partial charge in [0.05, 0.1) is 39.2 Å². The smallest absolute Gasteiger partial charge is 0.271 e. The van der Waals surface area contributed by atoms with E-state index in [4.69, 9.17) is 9.47 Å². The predicted octanol–water partition coefficient (Wildman–Crippen LogP) is 4.31. The van der Waals surface area contributed by atoms with E-state index in [1.54, 1.807) is 12.1 Å². The molecule has 196 valence electrons. The Morgan fingerprint density at radius 1 is 1.24 bits per heavy atom. The first-order chi connectivity index (χ1) is 17.6. The Morgan fingerprint density at radius 2 is 2.00 bits per heavy atom. The zero-order valence-corrected chi connectivity index (χ0v) is 22.5. The van der Waals surface area contributed by atoms with E-state index in [1.807, 2.05) is 29.5 Å². The number of imide groups is 1. The van der Waals surface area contributed by atoms with Gasteiger partial charge in [-0.3, -0.25) is 19.7 Å². The zero-order chi connectivity index (χ0) is 26.6. The van der Waals surface area contributed by atoms with Gasteiger partial charge in [-0.2, -0.15) is 0 Å². The van der Waals surface area contributed by atoms with Gasteiger partial charge in [0.1, 0.15) is 0 Å². The van der Waals surface area contributed by atoms with Gasteiger partial charge in [0.2, 0.25) is 11.8 Å². The van der Waals surface area contributed by atoms with Crippen molar-refractivity contribution >= 4 is 45.8 Å². The molecule has 10 nitrogen and oxygen atoms in total. The van der Waals surface area contributed by atoms with Crippen molar-refractivity contribution in [3.8, 4) is 11.5 Å². The summed E-state index contributed by atoms with van der Waals surface area (Å²) in [5.41, 5.74) is 0.636. The number of carbonyl (C=O) groups excluding carboxylic acids is 2. The third kappa shape index (κ3) is 4.07. The van der Waals surface area contributed by atoms with E-state index < -0.39 is 46.4 Å². The molecule has 1 aliphatic carbocycles. The van der Waals surface area contributed by atoms with Gasteiger partial charge in [0, 0.05) is 24.0 Å². The molecule has 2 heterocycles. The molecule has 5 rings (SSSR count). The second kappa shape index (κ2) is 9.52. The molecule has 2 aromatic carbocycles. The Labute approximate surface area is 226 Å². The number of halogens is 1. The van der Waals surface area contributed by atoms with Gasteiger partial charge >= 0.3 is 0 Å². The fraction of sp³-hybridized carbons (Fsp3) is 0.462. The standard InChI is InChI=1S/C26H27IN2O8/c1-3-5-14-10-17-22(25(32)28(24(17)31)15-6-4-7-16(11-15)29(34)35)18-12-20(37-26(14,18)33)13-8-19(27)23(30)21(9-13)36-2/h4,6-9,11,14,17-18,20,22,30,33H,3,5,10,12H2,1-2H3/t14-,17-,18-,20-,22-,26+/m0/s1. The molecule has 37 heavy (non-hydrogen) atoms. The van der Waals surface area contributed by atoms with Crippen molar-refractivity contribution in [1.29, 1.82) is 0 Å². The summed E-state index contributed by atoms with van der Waals surface area (Å²) in [7, 11) is 1.45. The number of methoxy groups -OCH3 is 1. The van der Waals surface area contributed by atoms with E-state index in [9.17, 15) is 29.9 Å². The molecular formula is C26H27IN2O8. The van der Waals surface area contributed by atoms with Crippen LogP contribution in [0.25, 0.3) is 0 Å². The molecule has 0 spiro atoms. The Balaban J connectivity index is 1.53. The van der Waals surface area contributed by atoms with Gasteiger partial charge in [0.15, 0.2) is 17.3 Å². The van der Waals surface area contributed by atoms with Crippen molar-refractivity contribution in [2.75, 3.05) is 12.0 Å². The molecule has 2 N–H and O–H groups in total. The summed E-state index contributed by atoms with van der Waals surface area (Å²) in [5.74, 6) is -4.68. The number of nitro benzene ring substituents is 1. The largest absolute Gasteiger partial charge is 0.504 e. The number of benzene rings is 2. The van der Waals surface area contributed by atoms with Crippen molar-refractivity contribution in [1.82, 2.24) is 0 Å². The second-order valence-electron chi connectivity index (χ2n) is 9.90. The van der Waals surface area contributed by atoms with E-state index in [2.05, 4.69) is 0 Å². The molecule has 0 aromatic heterocycles. The van der Waals surface area contributed by atoms with Crippen LogP contribution in [-0.2, 0) is 14.3 Å². The lowest BCUT2D eigenvalue weighted by Gasteiger charge is -2.44. The molecule has 3 fully saturated rings. The van der Waals surface area contributed by atoms with Gasteiger partial charge in [-0.15, -0.1) is 0 Å². The molecule has 6 atom stereocenters. The van der Waals surface area contributed by atoms with Crippen molar-refractivity contribution in [3.63, 3.8) is 0 Å². The summed E-state index contributed by atoms with van der Waals surface area (Å²) in [6.07, 6.45) is 1.37. The van der Waals surface area contributed by atoms with E-state index in [-0.39, 0.29) is 35.2 Å². The number of amides is 2.